The van der Waals surface area contributed by atoms with Crippen molar-refractivity contribution in [3.8, 4) is 0 Å². The largest absolute Gasteiger partial charge is 0.223 e. The van der Waals surface area contributed by atoms with E-state index in [2.05, 4.69) is 15.9 Å². The lowest BCUT2D eigenvalue weighted by atomic mass is 10.0. The van der Waals surface area contributed by atoms with Crippen LogP contribution in [0.25, 0.3) is 0 Å². The molecule has 1 rings (SSSR count). The zero-order valence-electron chi connectivity index (χ0n) is 7.14. The second-order valence-corrected chi connectivity index (χ2v) is 6.45. The van der Waals surface area contributed by atoms with Gasteiger partial charge in [-0.2, -0.15) is 0 Å². The molecule has 0 atom stereocenters. The second kappa shape index (κ2) is 3.92. The number of hydrogen-bond acceptors (Lipinski definition) is 2. The Morgan fingerprint density at radius 1 is 1.33 bits per heavy atom. The minimum Gasteiger partial charge on any atom is -0.223 e. The van der Waals surface area contributed by atoms with Crippen LogP contribution < -0.4 is 0 Å². The Kier molecular flexibility index (Phi) is 3.35. The fraction of sp³-hybridized carbons (Fsp3) is 0.750. The summed E-state index contributed by atoms with van der Waals surface area (Å²) in [6, 6.07) is 0. The lowest BCUT2D eigenvalue weighted by Crippen LogP contribution is -2.10. The van der Waals surface area contributed by atoms with Crippen LogP contribution in [-0.4, -0.2) is 13.1 Å². The number of rotatable bonds is 2. The minimum atomic E-state index is -2.97. The number of allylic oxidation sites excluding steroid dienone is 2. The van der Waals surface area contributed by atoms with Gasteiger partial charge < -0.3 is 0 Å². The third kappa shape index (κ3) is 2.10. The molecule has 1 aliphatic rings. The first-order chi connectivity index (χ1) is 5.58. The maximum atomic E-state index is 11.5. The summed E-state index contributed by atoms with van der Waals surface area (Å²) in [6.07, 6.45) is 3.83. The molecule has 0 saturated heterocycles. The van der Waals surface area contributed by atoms with E-state index < -0.39 is 9.84 Å². The molecular weight excluding hydrogens is 240 g/mol. The van der Waals surface area contributed by atoms with Crippen LogP contribution in [0.2, 0.25) is 0 Å². The molecule has 4 heteroatoms. The molecule has 0 bridgehead atoms. The number of alkyl halides is 1. The average molecular weight is 253 g/mol. The van der Waals surface area contributed by atoms with Crippen LogP contribution in [0.3, 0.4) is 0 Å². The van der Waals surface area contributed by atoms with Gasteiger partial charge in [0.25, 0.3) is 0 Å². The highest BCUT2D eigenvalue weighted by molar-refractivity contribution is 9.10. The van der Waals surface area contributed by atoms with Gasteiger partial charge in [0.2, 0.25) is 0 Å². The topological polar surface area (TPSA) is 34.1 Å². The van der Waals surface area contributed by atoms with Gasteiger partial charge in [-0.15, -0.1) is 0 Å². The maximum Gasteiger partial charge on any atom is 0.184 e. The van der Waals surface area contributed by atoms with Crippen LogP contribution in [-0.2, 0) is 9.84 Å². The van der Waals surface area contributed by atoms with E-state index >= 15 is 0 Å². The molecule has 0 saturated carbocycles. The Labute approximate surface area is 82.1 Å². The monoisotopic (exact) mass is 252 g/mol. The first kappa shape index (κ1) is 10.3. The molecule has 1 aliphatic carbocycles. The van der Waals surface area contributed by atoms with E-state index in [9.17, 15) is 8.42 Å². The van der Waals surface area contributed by atoms with Crippen molar-refractivity contribution in [1.29, 1.82) is 0 Å². The van der Waals surface area contributed by atoms with Gasteiger partial charge in [-0.05, 0) is 32.6 Å². The molecule has 0 radical (unpaired) electrons. The Hall–Kier alpha value is 0.170. The van der Waals surface area contributed by atoms with Crippen molar-refractivity contribution < 1.29 is 8.42 Å². The van der Waals surface area contributed by atoms with E-state index in [1.807, 2.05) is 6.92 Å². The van der Waals surface area contributed by atoms with Crippen LogP contribution in [0.5, 0.6) is 0 Å². The predicted molar refractivity (Wildman–Crippen MR) is 53.9 cm³/mol. The molecule has 2 nitrogen and oxygen atoms in total. The van der Waals surface area contributed by atoms with Crippen molar-refractivity contribution in [3.63, 3.8) is 0 Å². The van der Waals surface area contributed by atoms with Gasteiger partial charge in [-0.25, -0.2) is 8.42 Å². The predicted octanol–water partition coefficient (Wildman–Crippen LogP) is 2.60. The first-order valence-electron chi connectivity index (χ1n) is 4.05. The van der Waals surface area contributed by atoms with Gasteiger partial charge in [0.05, 0.1) is 0 Å². The van der Waals surface area contributed by atoms with Crippen molar-refractivity contribution in [1.82, 2.24) is 0 Å². The van der Waals surface area contributed by atoms with Gasteiger partial charge in [0, 0.05) is 4.91 Å². The second-order valence-electron chi connectivity index (χ2n) is 3.13. The summed E-state index contributed by atoms with van der Waals surface area (Å²) in [7, 11) is -2.97. The molecule has 0 N–H and O–H groups in total. The normalized spacial score (nSPS) is 19.8. The Balaban J connectivity index is 3.01. The summed E-state index contributed by atoms with van der Waals surface area (Å²) >= 11 is 3.01. The van der Waals surface area contributed by atoms with E-state index in [1.54, 1.807) is 0 Å². The highest BCUT2D eigenvalue weighted by Gasteiger charge is 2.20. The molecule has 0 fully saturated rings. The number of sulfone groups is 1. The van der Waals surface area contributed by atoms with Crippen molar-refractivity contribution in [2.75, 3.05) is 4.66 Å². The van der Waals surface area contributed by atoms with Crippen molar-refractivity contribution in [2.24, 2.45) is 0 Å². The summed E-state index contributed by atoms with van der Waals surface area (Å²) in [5.41, 5.74) is 1.06. The van der Waals surface area contributed by atoms with Crippen molar-refractivity contribution >= 4 is 25.8 Å². The highest BCUT2D eigenvalue weighted by atomic mass is 79.9. The molecule has 0 unspecified atom stereocenters. The van der Waals surface area contributed by atoms with E-state index in [0.29, 0.717) is 4.91 Å². The van der Waals surface area contributed by atoms with Gasteiger partial charge in [-0.1, -0.05) is 21.5 Å². The number of halogens is 1. The molecule has 0 amide bonds. The lowest BCUT2D eigenvalue weighted by molar-refractivity contribution is 0.597. The van der Waals surface area contributed by atoms with Gasteiger partial charge in [-0.3, -0.25) is 0 Å². The van der Waals surface area contributed by atoms with Gasteiger partial charge in [0.15, 0.2) is 9.84 Å². The van der Waals surface area contributed by atoms with Crippen LogP contribution in [0, 0.1) is 0 Å². The Morgan fingerprint density at radius 3 is 2.42 bits per heavy atom. The summed E-state index contributed by atoms with van der Waals surface area (Å²) in [5, 5.41) is 0. The summed E-state index contributed by atoms with van der Waals surface area (Å²) in [6.45, 7) is 1.93. The number of hydrogen-bond donors (Lipinski definition) is 0. The zero-order chi connectivity index (χ0) is 9.19. The Bertz CT molecular complexity index is 290. The summed E-state index contributed by atoms with van der Waals surface area (Å²) in [4.78, 5) is 0.672. The molecule has 0 aliphatic heterocycles. The molecule has 0 heterocycles. The maximum absolute atomic E-state index is 11.5. The van der Waals surface area contributed by atoms with Crippen LogP contribution >= 0.6 is 15.9 Å². The van der Waals surface area contributed by atoms with Gasteiger partial charge >= 0.3 is 0 Å². The fourth-order valence-electron chi connectivity index (χ4n) is 1.52. The molecule has 70 valence electrons. The molecule has 0 aromatic rings. The quantitative estimate of drug-likeness (QED) is 0.709. The highest BCUT2D eigenvalue weighted by Crippen LogP contribution is 2.29. The standard InChI is InChI=1S/C8H13BrO2S/c1-7-4-2-3-5-8(7)12(10,11)6-9/h2-6H2,1H3. The van der Waals surface area contributed by atoms with E-state index in [0.717, 1.165) is 31.3 Å². The van der Waals surface area contributed by atoms with E-state index in [4.69, 9.17) is 0 Å². The average Bonchev–Trinajstić information content (AvgIpc) is 2.05. The molecule has 0 aromatic carbocycles. The summed E-state index contributed by atoms with van der Waals surface area (Å²) in [5.74, 6) is 0. The van der Waals surface area contributed by atoms with Crippen molar-refractivity contribution in [3.05, 3.63) is 10.5 Å². The SMILES string of the molecule is CC1=C(S(=O)(=O)CBr)CCCC1. The van der Waals surface area contributed by atoms with Crippen LogP contribution in [0.1, 0.15) is 32.6 Å². The third-order valence-corrected chi connectivity index (χ3v) is 5.60. The molecule has 0 spiro atoms. The van der Waals surface area contributed by atoms with Crippen LogP contribution in [0.4, 0.5) is 0 Å². The van der Waals surface area contributed by atoms with Crippen molar-refractivity contribution in [2.45, 2.75) is 32.6 Å². The third-order valence-electron chi connectivity index (χ3n) is 2.20. The van der Waals surface area contributed by atoms with Gasteiger partial charge in [0.1, 0.15) is 4.66 Å². The Morgan fingerprint density at radius 2 is 1.92 bits per heavy atom. The summed E-state index contributed by atoms with van der Waals surface area (Å²) < 4.78 is 23.0. The lowest BCUT2D eigenvalue weighted by Gasteiger charge is -2.16. The molecular formula is C8H13BrO2S. The first-order valence-corrected chi connectivity index (χ1v) is 6.82. The fourth-order valence-corrected chi connectivity index (χ4v) is 3.56. The zero-order valence-corrected chi connectivity index (χ0v) is 9.54. The van der Waals surface area contributed by atoms with E-state index in [1.165, 1.54) is 0 Å². The van der Waals surface area contributed by atoms with Crippen LogP contribution in [0.15, 0.2) is 10.5 Å². The minimum absolute atomic E-state index is 0.0622. The smallest absolute Gasteiger partial charge is 0.184 e. The molecule has 12 heavy (non-hydrogen) atoms. The van der Waals surface area contributed by atoms with E-state index in [-0.39, 0.29) is 4.66 Å². The molecule has 0 aromatic heterocycles.